The SMILES string of the molecule is O=C(CC1CC2(CNC2)C1)Nc1cccc(C(F)(F)F)c1. The van der Waals surface area contributed by atoms with Crippen molar-refractivity contribution in [1.29, 1.82) is 0 Å². The van der Waals surface area contributed by atoms with E-state index in [-0.39, 0.29) is 11.6 Å². The molecule has 114 valence electrons. The van der Waals surface area contributed by atoms with E-state index in [4.69, 9.17) is 0 Å². The number of hydrogen-bond donors (Lipinski definition) is 2. The fourth-order valence-corrected chi connectivity index (χ4v) is 3.32. The fourth-order valence-electron chi connectivity index (χ4n) is 3.32. The van der Waals surface area contributed by atoms with Gasteiger partial charge in [0.15, 0.2) is 0 Å². The largest absolute Gasteiger partial charge is 0.416 e. The van der Waals surface area contributed by atoms with Gasteiger partial charge in [0.25, 0.3) is 0 Å². The van der Waals surface area contributed by atoms with Gasteiger partial charge in [-0.05, 0) is 42.4 Å². The number of amides is 1. The topological polar surface area (TPSA) is 41.1 Å². The number of carbonyl (C=O) groups excluding carboxylic acids is 1. The molecule has 1 amide bonds. The molecule has 1 saturated heterocycles. The first-order valence-electron chi connectivity index (χ1n) is 7.04. The quantitative estimate of drug-likeness (QED) is 0.900. The molecule has 0 radical (unpaired) electrons. The van der Waals surface area contributed by atoms with Crippen molar-refractivity contribution in [2.24, 2.45) is 11.3 Å². The Morgan fingerprint density at radius 2 is 2.05 bits per heavy atom. The standard InChI is InChI=1S/C15H17F3N2O/c16-15(17,18)11-2-1-3-12(5-11)20-13(21)4-10-6-14(7-10)8-19-9-14/h1-3,5,10,19H,4,6-9H2,(H,20,21). The van der Waals surface area contributed by atoms with E-state index in [9.17, 15) is 18.0 Å². The summed E-state index contributed by atoms with van der Waals surface area (Å²) in [6, 6.07) is 4.74. The maximum atomic E-state index is 12.6. The second-order valence-corrected chi connectivity index (χ2v) is 6.21. The molecule has 21 heavy (non-hydrogen) atoms. The Morgan fingerprint density at radius 3 is 2.62 bits per heavy atom. The molecule has 1 aromatic rings. The maximum Gasteiger partial charge on any atom is 0.416 e. The Labute approximate surface area is 120 Å². The van der Waals surface area contributed by atoms with Gasteiger partial charge in [-0.2, -0.15) is 13.2 Å². The van der Waals surface area contributed by atoms with Crippen LogP contribution >= 0.6 is 0 Å². The molecule has 2 fully saturated rings. The first-order chi connectivity index (χ1) is 9.86. The van der Waals surface area contributed by atoms with Crippen LogP contribution in [0.25, 0.3) is 0 Å². The summed E-state index contributed by atoms with van der Waals surface area (Å²) in [5.74, 6) is 0.152. The molecule has 1 spiro atoms. The molecular formula is C15H17F3N2O. The number of halogens is 3. The minimum absolute atomic E-state index is 0.203. The Balaban J connectivity index is 1.53. The van der Waals surface area contributed by atoms with Crippen LogP contribution in [0.3, 0.4) is 0 Å². The van der Waals surface area contributed by atoms with Gasteiger partial charge in [0.2, 0.25) is 5.91 Å². The average molecular weight is 298 g/mol. The third-order valence-corrected chi connectivity index (χ3v) is 4.39. The first-order valence-corrected chi connectivity index (χ1v) is 7.04. The van der Waals surface area contributed by atoms with Gasteiger partial charge in [0, 0.05) is 25.2 Å². The van der Waals surface area contributed by atoms with Crippen LogP contribution in [0.5, 0.6) is 0 Å². The predicted molar refractivity (Wildman–Crippen MR) is 72.7 cm³/mol. The van der Waals surface area contributed by atoms with Gasteiger partial charge in [-0.15, -0.1) is 0 Å². The van der Waals surface area contributed by atoms with Crippen LogP contribution in [-0.2, 0) is 11.0 Å². The maximum absolute atomic E-state index is 12.6. The van der Waals surface area contributed by atoms with Crippen LogP contribution in [0.1, 0.15) is 24.8 Å². The third kappa shape index (κ3) is 3.05. The number of anilines is 1. The zero-order valence-electron chi connectivity index (χ0n) is 11.5. The van der Waals surface area contributed by atoms with Gasteiger partial charge >= 0.3 is 6.18 Å². The van der Waals surface area contributed by atoms with E-state index >= 15 is 0 Å². The minimum atomic E-state index is -4.39. The fraction of sp³-hybridized carbons (Fsp3) is 0.533. The Hall–Kier alpha value is -1.56. The Morgan fingerprint density at radius 1 is 1.33 bits per heavy atom. The lowest BCUT2D eigenvalue weighted by Crippen LogP contribution is -2.60. The number of alkyl halides is 3. The summed E-state index contributed by atoms with van der Waals surface area (Å²) in [6.07, 6.45) is -1.93. The van der Waals surface area contributed by atoms with Crippen LogP contribution in [0, 0.1) is 11.3 Å². The molecule has 0 unspecified atom stereocenters. The van der Waals surface area contributed by atoms with E-state index in [1.54, 1.807) is 0 Å². The van der Waals surface area contributed by atoms with Gasteiger partial charge in [0.05, 0.1) is 5.56 Å². The molecule has 2 N–H and O–H groups in total. The van der Waals surface area contributed by atoms with Crippen LogP contribution in [-0.4, -0.2) is 19.0 Å². The lowest BCUT2D eigenvalue weighted by Gasteiger charge is -2.54. The van der Waals surface area contributed by atoms with E-state index < -0.39 is 11.7 Å². The van der Waals surface area contributed by atoms with E-state index in [1.165, 1.54) is 12.1 Å². The second kappa shape index (κ2) is 5.02. The van der Waals surface area contributed by atoms with E-state index in [2.05, 4.69) is 10.6 Å². The molecule has 2 aliphatic rings. The minimum Gasteiger partial charge on any atom is -0.326 e. The highest BCUT2D eigenvalue weighted by Crippen LogP contribution is 2.49. The van der Waals surface area contributed by atoms with Gasteiger partial charge in [-0.3, -0.25) is 4.79 Å². The third-order valence-electron chi connectivity index (χ3n) is 4.39. The molecule has 3 nitrogen and oxygen atoms in total. The van der Waals surface area contributed by atoms with E-state index in [0.717, 1.165) is 38.1 Å². The second-order valence-electron chi connectivity index (χ2n) is 6.21. The summed E-state index contributed by atoms with van der Waals surface area (Å²) in [4.78, 5) is 11.9. The van der Waals surface area contributed by atoms with E-state index in [1.807, 2.05) is 0 Å². The smallest absolute Gasteiger partial charge is 0.326 e. The average Bonchev–Trinajstić information content (AvgIpc) is 2.30. The highest BCUT2D eigenvalue weighted by Gasteiger charge is 2.48. The molecule has 1 aliphatic heterocycles. The number of hydrogen-bond acceptors (Lipinski definition) is 2. The molecule has 1 saturated carbocycles. The molecule has 3 rings (SSSR count). The molecular weight excluding hydrogens is 281 g/mol. The molecule has 1 aliphatic carbocycles. The van der Waals surface area contributed by atoms with Crippen molar-refractivity contribution in [2.75, 3.05) is 18.4 Å². The highest BCUT2D eigenvalue weighted by atomic mass is 19.4. The van der Waals surface area contributed by atoms with Crippen LogP contribution < -0.4 is 10.6 Å². The van der Waals surface area contributed by atoms with Gasteiger partial charge in [0.1, 0.15) is 0 Å². The predicted octanol–water partition coefficient (Wildman–Crippen LogP) is 3.03. The number of rotatable bonds is 3. The van der Waals surface area contributed by atoms with Gasteiger partial charge in [-0.1, -0.05) is 6.07 Å². The lowest BCUT2D eigenvalue weighted by molar-refractivity contribution is -0.137. The van der Waals surface area contributed by atoms with Crippen molar-refractivity contribution in [3.63, 3.8) is 0 Å². The van der Waals surface area contributed by atoms with Crippen LogP contribution in [0.15, 0.2) is 24.3 Å². The summed E-state index contributed by atoms with van der Waals surface area (Å²) in [7, 11) is 0. The molecule has 6 heteroatoms. The zero-order chi connectivity index (χ0) is 15.1. The van der Waals surface area contributed by atoms with Crippen molar-refractivity contribution >= 4 is 11.6 Å². The summed E-state index contributed by atoms with van der Waals surface area (Å²) < 4.78 is 37.8. The molecule has 0 bridgehead atoms. The number of benzene rings is 1. The van der Waals surface area contributed by atoms with Gasteiger partial charge < -0.3 is 10.6 Å². The van der Waals surface area contributed by atoms with Crippen LogP contribution in [0.4, 0.5) is 18.9 Å². The number of nitrogens with one attached hydrogen (secondary N) is 2. The Kier molecular flexibility index (Phi) is 3.43. The molecule has 0 atom stereocenters. The summed E-state index contributed by atoms with van der Waals surface area (Å²) in [6.45, 7) is 2.05. The summed E-state index contributed by atoms with van der Waals surface area (Å²) >= 11 is 0. The molecule has 1 heterocycles. The highest BCUT2D eigenvalue weighted by molar-refractivity contribution is 5.91. The normalized spacial score (nSPS) is 20.7. The van der Waals surface area contributed by atoms with Crippen molar-refractivity contribution in [3.8, 4) is 0 Å². The van der Waals surface area contributed by atoms with Crippen LogP contribution in [0.2, 0.25) is 0 Å². The molecule has 0 aromatic heterocycles. The van der Waals surface area contributed by atoms with E-state index in [0.29, 0.717) is 17.8 Å². The van der Waals surface area contributed by atoms with Crippen molar-refractivity contribution < 1.29 is 18.0 Å². The summed E-state index contributed by atoms with van der Waals surface area (Å²) in [5, 5.41) is 5.79. The van der Waals surface area contributed by atoms with Crippen molar-refractivity contribution in [2.45, 2.75) is 25.4 Å². The first kappa shape index (κ1) is 14.4. The van der Waals surface area contributed by atoms with Crippen molar-refractivity contribution in [3.05, 3.63) is 29.8 Å². The number of carbonyl (C=O) groups is 1. The molecule has 1 aromatic carbocycles. The monoisotopic (exact) mass is 298 g/mol. The zero-order valence-corrected chi connectivity index (χ0v) is 11.5. The lowest BCUT2D eigenvalue weighted by atomic mass is 9.58. The Bertz CT molecular complexity index is 544. The van der Waals surface area contributed by atoms with Gasteiger partial charge in [-0.25, -0.2) is 0 Å². The summed E-state index contributed by atoms with van der Waals surface area (Å²) in [5.41, 5.74) is -0.140. The van der Waals surface area contributed by atoms with Crippen molar-refractivity contribution in [1.82, 2.24) is 5.32 Å².